The standard InChI is InChI=1S/C13H15N3O5/c1-13(2,12(18)21-3)11(15)8-4-7(6-14)5-9(10(8)17)16(19)20/h4-5,11,17H,15H2,1-3H3/t11-/m1/s1. The maximum atomic E-state index is 11.8. The summed E-state index contributed by atoms with van der Waals surface area (Å²) in [5.74, 6) is -1.30. The number of ether oxygens (including phenoxy) is 1. The Morgan fingerprint density at radius 1 is 1.57 bits per heavy atom. The maximum absolute atomic E-state index is 11.8. The number of hydrogen-bond donors (Lipinski definition) is 2. The van der Waals surface area contributed by atoms with Crippen molar-refractivity contribution in [1.29, 1.82) is 5.26 Å². The number of aromatic hydroxyl groups is 1. The van der Waals surface area contributed by atoms with E-state index < -0.39 is 33.8 Å². The summed E-state index contributed by atoms with van der Waals surface area (Å²) >= 11 is 0. The van der Waals surface area contributed by atoms with Gasteiger partial charge in [-0.05, 0) is 19.9 Å². The predicted octanol–water partition coefficient (Wildman–Crippen LogP) is 1.37. The Hall–Kier alpha value is -2.66. The van der Waals surface area contributed by atoms with Crippen LogP contribution in [0.4, 0.5) is 5.69 Å². The summed E-state index contributed by atoms with van der Waals surface area (Å²) in [5, 5.41) is 29.8. The van der Waals surface area contributed by atoms with E-state index in [9.17, 15) is 20.0 Å². The van der Waals surface area contributed by atoms with Crippen molar-refractivity contribution in [3.63, 3.8) is 0 Å². The van der Waals surface area contributed by atoms with E-state index in [0.717, 1.165) is 6.07 Å². The number of nitro benzene ring substituents is 1. The fourth-order valence-electron chi connectivity index (χ4n) is 1.86. The van der Waals surface area contributed by atoms with E-state index in [1.54, 1.807) is 6.07 Å². The minimum atomic E-state index is -1.24. The molecule has 3 N–H and O–H groups in total. The zero-order valence-electron chi connectivity index (χ0n) is 11.8. The van der Waals surface area contributed by atoms with Gasteiger partial charge in [0.15, 0.2) is 5.75 Å². The van der Waals surface area contributed by atoms with E-state index in [2.05, 4.69) is 4.74 Å². The molecule has 0 bridgehead atoms. The van der Waals surface area contributed by atoms with E-state index in [-0.39, 0.29) is 11.1 Å². The summed E-state index contributed by atoms with van der Waals surface area (Å²) in [5.41, 5.74) is 3.97. The SMILES string of the molecule is COC(=O)C(C)(C)[C@H](N)c1cc(C#N)cc([N+](=O)[O-])c1O. The lowest BCUT2D eigenvalue weighted by atomic mass is 9.80. The van der Waals surface area contributed by atoms with Crippen molar-refractivity contribution in [3.05, 3.63) is 33.4 Å². The monoisotopic (exact) mass is 293 g/mol. The molecule has 8 nitrogen and oxygen atoms in total. The van der Waals surface area contributed by atoms with Crippen molar-refractivity contribution < 1.29 is 19.6 Å². The largest absolute Gasteiger partial charge is 0.502 e. The molecule has 0 aliphatic rings. The molecule has 1 aromatic carbocycles. The van der Waals surface area contributed by atoms with Crippen molar-refractivity contribution in [1.82, 2.24) is 0 Å². The normalized spacial score (nSPS) is 12.3. The molecule has 21 heavy (non-hydrogen) atoms. The Balaban J connectivity index is 3.50. The molecule has 0 saturated heterocycles. The molecule has 0 amide bonds. The number of nitro groups is 1. The van der Waals surface area contributed by atoms with E-state index in [4.69, 9.17) is 11.0 Å². The van der Waals surface area contributed by atoms with Crippen LogP contribution in [0, 0.1) is 26.9 Å². The topological polar surface area (TPSA) is 139 Å². The molecule has 0 spiro atoms. The van der Waals surface area contributed by atoms with Gasteiger partial charge in [0.25, 0.3) is 0 Å². The lowest BCUT2D eigenvalue weighted by Crippen LogP contribution is -2.37. The van der Waals surface area contributed by atoms with Crippen molar-refractivity contribution in [3.8, 4) is 11.8 Å². The van der Waals surface area contributed by atoms with Crippen LogP contribution < -0.4 is 5.73 Å². The first kappa shape index (κ1) is 16.4. The third kappa shape index (κ3) is 2.93. The highest BCUT2D eigenvalue weighted by molar-refractivity contribution is 5.77. The highest BCUT2D eigenvalue weighted by atomic mass is 16.6. The number of carbonyl (C=O) groups excluding carboxylic acids is 1. The molecule has 0 unspecified atom stereocenters. The summed E-state index contributed by atoms with van der Waals surface area (Å²) in [7, 11) is 1.19. The summed E-state index contributed by atoms with van der Waals surface area (Å²) in [4.78, 5) is 21.8. The maximum Gasteiger partial charge on any atom is 0.313 e. The third-order valence-corrected chi connectivity index (χ3v) is 3.27. The summed E-state index contributed by atoms with van der Waals surface area (Å²) in [6, 6.07) is 2.83. The van der Waals surface area contributed by atoms with Gasteiger partial charge in [-0.3, -0.25) is 14.9 Å². The number of methoxy groups -OCH3 is 1. The average Bonchev–Trinajstić information content (AvgIpc) is 2.45. The molecular formula is C13H15N3O5. The second kappa shape index (κ2) is 5.76. The second-order valence-corrected chi connectivity index (χ2v) is 4.99. The van der Waals surface area contributed by atoms with Crippen LogP contribution in [-0.2, 0) is 9.53 Å². The van der Waals surface area contributed by atoms with Crippen LogP contribution in [0.2, 0.25) is 0 Å². The van der Waals surface area contributed by atoms with Crippen molar-refractivity contribution >= 4 is 11.7 Å². The smallest absolute Gasteiger partial charge is 0.313 e. The first-order valence-corrected chi connectivity index (χ1v) is 5.92. The Kier molecular flexibility index (Phi) is 4.50. The molecule has 0 saturated carbocycles. The van der Waals surface area contributed by atoms with Gasteiger partial charge in [0.05, 0.1) is 29.1 Å². The van der Waals surface area contributed by atoms with E-state index in [1.807, 2.05) is 0 Å². The van der Waals surface area contributed by atoms with Gasteiger partial charge < -0.3 is 15.6 Å². The van der Waals surface area contributed by atoms with Crippen molar-refractivity contribution in [2.75, 3.05) is 7.11 Å². The fourth-order valence-corrected chi connectivity index (χ4v) is 1.86. The molecular weight excluding hydrogens is 278 g/mol. The van der Waals surface area contributed by atoms with Crippen molar-refractivity contribution in [2.24, 2.45) is 11.1 Å². The van der Waals surface area contributed by atoms with Gasteiger partial charge in [-0.2, -0.15) is 5.26 Å². The predicted molar refractivity (Wildman–Crippen MR) is 72.2 cm³/mol. The molecule has 112 valence electrons. The molecule has 0 aliphatic heterocycles. The number of carbonyl (C=O) groups is 1. The minimum Gasteiger partial charge on any atom is -0.502 e. The van der Waals surface area contributed by atoms with Gasteiger partial charge in [0.2, 0.25) is 0 Å². The second-order valence-electron chi connectivity index (χ2n) is 4.99. The van der Waals surface area contributed by atoms with Crippen LogP contribution in [0.1, 0.15) is 31.0 Å². The van der Waals surface area contributed by atoms with Crippen LogP contribution >= 0.6 is 0 Å². The van der Waals surface area contributed by atoms with E-state index in [0.29, 0.717) is 0 Å². The van der Waals surface area contributed by atoms with Crippen LogP contribution in [0.5, 0.6) is 5.75 Å². The van der Waals surface area contributed by atoms with Crippen molar-refractivity contribution in [2.45, 2.75) is 19.9 Å². The summed E-state index contributed by atoms with van der Waals surface area (Å²) in [6.07, 6.45) is 0. The molecule has 0 radical (unpaired) electrons. The number of hydrogen-bond acceptors (Lipinski definition) is 7. The molecule has 0 heterocycles. The van der Waals surface area contributed by atoms with Crippen LogP contribution in [0.25, 0.3) is 0 Å². The molecule has 1 atom stereocenters. The number of esters is 1. The van der Waals surface area contributed by atoms with Gasteiger partial charge in [-0.25, -0.2) is 0 Å². The average molecular weight is 293 g/mol. The van der Waals surface area contributed by atoms with Gasteiger partial charge in [-0.1, -0.05) is 0 Å². The first-order valence-electron chi connectivity index (χ1n) is 5.92. The van der Waals surface area contributed by atoms with Gasteiger partial charge in [0, 0.05) is 17.7 Å². The molecule has 1 rings (SSSR count). The Morgan fingerprint density at radius 3 is 2.57 bits per heavy atom. The zero-order valence-corrected chi connectivity index (χ0v) is 11.8. The molecule has 8 heteroatoms. The summed E-state index contributed by atoms with van der Waals surface area (Å²) < 4.78 is 4.63. The summed E-state index contributed by atoms with van der Waals surface area (Å²) in [6.45, 7) is 2.96. The van der Waals surface area contributed by atoms with Gasteiger partial charge in [0.1, 0.15) is 0 Å². The minimum absolute atomic E-state index is 0.0365. The van der Waals surface area contributed by atoms with Crippen LogP contribution in [0.3, 0.4) is 0 Å². The first-order chi connectivity index (χ1) is 9.66. The number of benzene rings is 1. The van der Waals surface area contributed by atoms with Gasteiger partial charge >= 0.3 is 11.7 Å². The fraction of sp³-hybridized carbons (Fsp3) is 0.385. The lowest BCUT2D eigenvalue weighted by molar-refractivity contribution is -0.386. The molecule has 0 aliphatic carbocycles. The molecule has 1 aromatic rings. The molecule has 0 aromatic heterocycles. The Labute approximate surface area is 120 Å². The van der Waals surface area contributed by atoms with E-state index >= 15 is 0 Å². The number of phenols is 1. The number of nitrogens with two attached hydrogens (primary N) is 1. The van der Waals surface area contributed by atoms with Gasteiger partial charge in [-0.15, -0.1) is 0 Å². The number of nitrogens with zero attached hydrogens (tertiary/aromatic N) is 2. The Morgan fingerprint density at radius 2 is 2.14 bits per heavy atom. The number of phenolic OH excluding ortho intramolecular Hbond substituents is 1. The quantitative estimate of drug-likeness (QED) is 0.485. The lowest BCUT2D eigenvalue weighted by Gasteiger charge is -2.29. The van der Waals surface area contributed by atoms with Crippen LogP contribution in [0.15, 0.2) is 12.1 Å². The zero-order chi connectivity index (χ0) is 16.4. The van der Waals surface area contributed by atoms with Crippen LogP contribution in [-0.4, -0.2) is 23.1 Å². The molecule has 0 fully saturated rings. The number of rotatable bonds is 4. The highest BCUT2D eigenvalue weighted by Crippen LogP contribution is 2.41. The highest BCUT2D eigenvalue weighted by Gasteiger charge is 2.39. The Bertz CT molecular complexity index is 633. The third-order valence-electron chi connectivity index (χ3n) is 3.27. The van der Waals surface area contributed by atoms with E-state index in [1.165, 1.54) is 27.0 Å². The number of nitriles is 1.